The van der Waals surface area contributed by atoms with Gasteiger partial charge in [-0.1, -0.05) is 119 Å². The summed E-state index contributed by atoms with van der Waals surface area (Å²) < 4.78 is 0. The van der Waals surface area contributed by atoms with Crippen LogP contribution in [0.15, 0.2) is 162 Å². The molecule has 0 heterocycles. The standard InChI is InChI=1S/C38H44P.BrH/c1-32(2)18-15-19-33(3)20-16-21-34(4)22-17-23-35(5)30-31-39(36-24-9-6-10-25-36,37-26-11-7-12-27-37)38-28-13-8-14-29-38;/h6-14,16-18,20-30H,15,19,31H2,1-5H3;1H/q+1;/p-1/b21-16+,23-17+,33-20+,34-22+,35-30+;. The molecule has 3 aromatic carbocycles. The van der Waals surface area contributed by atoms with Crippen LogP contribution in [0.4, 0.5) is 0 Å². The predicted octanol–water partition coefficient (Wildman–Crippen LogP) is 6.68. The van der Waals surface area contributed by atoms with Crippen LogP contribution in [0, 0.1) is 0 Å². The SMILES string of the molecule is CC(C)=CCC/C(C)=C/C=C/C(C)=C/C=C/C(C)=C/C[P+](c1ccccc1)(c1ccccc1)c1ccccc1.[Br-]. The Kier molecular flexibility index (Phi) is 14.7. The highest BCUT2D eigenvalue weighted by atomic mass is 79.9. The number of allylic oxidation sites excluding steroid dienone is 12. The first kappa shape index (κ1) is 33.2. The van der Waals surface area contributed by atoms with Gasteiger partial charge in [0.2, 0.25) is 0 Å². The minimum absolute atomic E-state index is 0. The highest BCUT2D eigenvalue weighted by Crippen LogP contribution is 2.55. The van der Waals surface area contributed by atoms with Gasteiger partial charge in [-0.3, -0.25) is 0 Å². The lowest BCUT2D eigenvalue weighted by Crippen LogP contribution is -3.00. The van der Waals surface area contributed by atoms with E-state index in [1.165, 1.54) is 38.2 Å². The Balaban J connectivity index is 0.00000560. The molecular weight excluding hydrogens is 567 g/mol. The van der Waals surface area contributed by atoms with Crippen molar-refractivity contribution in [3.8, 4) is 0 Å². The van der Waals surface area contributed by atoms with Crippen molar-refractivity contribution < 1.29 is 17.0 Å². The molecule has 0 N–H and O–H groups in total. The number of hydrogen-bond donors (Lipinski definition) is 0. The van der Waals surface area contributed by atoms with E-state index in [1.54, 1.807) is 0 Å². The number of halogens is 1. The van der Waals surface area contributed by atoms with Crippen molar-refractivity contribution in [2.75, 3.05) is 6.16 Å². The van der Waals surface area contributed by atoms with Gasteiger partial charge in [0.15, 0.2) is 0 Å². The Labute approximate surface area is 254 Å². The molecule has 0 nitrogen and oxygen atoms in total. The molecule has 0 aliphatic heterocycles. The Morgan fingerprint density at radius 2 is 1.02 bits per heavy atom. The second-order valence-corrected chi connectivity index (χ2v) is 13.9. The van der Waals surface area contributed by atoms with Crippen molar-refractivity contribution in [2.24, 2.45) is 0 Å². The van der Waals surface area contributed by atoms with Gasteiger partial charge in [-0.05, 0) is 89.9 Å². The summed E-state index contributed by atoms with van der Waals surface area (Å²) in [5, 5.41) is 4.25. The van der Waals surface area contributed by atoms with Gasteiger partial charge in [0, 0.05) is 0 Å². The molecule has 0 atom stereocenters. The molecule has 0 radical (unpaired) electrons. The van der Waals surface area contributed by atoms with Crippen LogP contribution >= 0.6 is 7.26 Å². The van der Waals surface area contributed by atoms with E-state index < -0.39 is 7.26 Å². The molecule has 208 valence electrons. The van der Waals surface area contributed by atoms with Crippen molar-refractivity contribution >= 4 is 23.2 Å². The molecule has 3 rings (SSSR count). The lowest BCUT2D eigenvalue weighted by molar-refractivity contribution is -0.00000806. The fourth-order valence-corrected chi connectivity index (χ4v) is 8.74. The zero-order valence-electron chi connectivity index (χ0n) is 24.7. The van der Waals surface area contributed by atoms with Crippen LogP contribution in [0.25, 0.3) is 0 Å². The lowest BCUT2D eigenvalue weighted by atomic mass is 10.1. The predicted molar refractivity (Wildman–Crippen MR) is 178 cm³/mol. The highest BCUT2D eigenvalue weighted by Gasteiger charge is 2.44. The first-order valence-corrected chi connectivity index (χ1v) is 15.9. The van der Waals surface area contributed by atoms with Gasteiger partial charge in [-0.2, -0.15) is 0 Å². The second-order valence-electron chi connectivity index (χ2n) is 10.4. The normalized spacial score (nSPS) is 13.0. The molecule has 0 fully saturated rings. The van der Waals surface area contributed by atoms with Crippen molar-refractivity contribution in [2.45, 2.75) is 47.5 Å². The largest absolute Gasteiger partial charge is 1.00 e. The van der Waals surface area contributed by atoms with Gasteiger partial charge in [0.1, 0.15) is 23.2 Å². The van der Waals surface area contributed by atoms with Crippen molar-refractivity contribution in [3.63, 3.8) is 0 Å². The molecule has 0 spiro atoms. The zero-order chi connectivity index (χ0) is 27.9. The van der Waals surface area contributed by atoms with Gasteiger partial charge < -0.3 is 17.0 Å². The minimum Gasteiger partial charge on any atom is -1.00 e. The van der Waals surface area contributed by atoms with Gasteiger partial charge in [-0.15, -0.1) is 0 Å². The minimum atomic E-state index is -1.84. The molecule has 0 aromatic heterocycles. The third-order valence-electron chi connectivity index (χ3n) is 6.83. The number of benzene rings is 3. The molecule has 40 heavy (non-hydrogen) atoms. The third kappa shape index (κ3) is 10.2. The summed E-state index contributed by atoms with van der Waals surface area (Å²) in [6, 6.07) is 33.2. The maximum absolute atomic E-state index is 2.43. The van der Waals surface area contributed by atoms with E-state index in [-0.39, 0.29) is 17.0 Å². The zero-order valence-corrected chi connectivity index (χ0v) is 27.2. The van der Waals surface area contributed by atoms with Crippen LogP contribution in [0.2, 0.25) is 0 Å². The summed E-state index contributed by atoms with van der Waals surface area (Å²) in [4.78, 5) is 0. The van der Waals surface area contributed by atoms with Crippen LogP contribution in [0.3, 0.4) is 0 Å². The molecule has 0 bridgehead atoms. The Hall–Kier alpha value is -2.99. The summed E-state index contributed by atoms with van der Waals surface area (Å²) in [5.41, 5.74) is 5.33. The van der Waals surface area contributed by atoms with E-state index in [0.717, 1.165) is 19.0 Å². The Bertz CT molecular complexity index is 1240. The molecule has 0 unspecified atom stereocenters. The van der Waals surface area contributed by atoms with Crippen molar-refractivity contribution in [1.29, 1.82) is 0 Å². The molecule has 3 aromatic rings. The van der Waals surface area contributed by atoms with E-state index in [4.69, 9.17) is 0 Å². The molecule has 2 heteroatoms. The topological polar surface area (TPSA) is 0 Å². The fraction of sp³-hybridized carbons (Fsp3) is 0.211. The average Bonchev–Trinajstić information content (AvgIpc) is 2.95. The third-order valence-corrected chi connectivity index (χ3v) is 11.1. The summed E-state index contributed by atoms with van der Waals surface area (Å²) in [6.07, 6.45) is 21.1. The quantitative estimate of drug-likeness (QED) is 0.122. The van der Waals surface area contributed by atoms with Crippen LogP contribution in [-0.2, 0) is 0 Å². The van der Waals surface area contributed by atoms with Gasteiger partial charge >= 0.3 is 0 Å². The molecular formula is C38H44BrP. The maximum atomic E-state index is 2.43. The van der Waals surface area contributed by atoms with Gasteiger partial charge in [-0.25, -0.2) is 0 Å². The van der Waals surface area contributed by atoms with E-state index >= 15 is 0 Å². The smallest absolute Gasteiger partial charge is 0.115 e. The molecule has 0 amide bonds. The average molecular weight is 612 g/mol. The molecule has 0 saturated heterocycles. The molecule has 0 aliphatic carbocycles. The maximum Gasteiger partial charge on any atom is 0.115 e. The fourth-order valence-electron chi connectivity index (χ4n) is 4.60. The van der Waals surface area contributed by atoms with Crippen molar-refractivity contribution in [1.82, 2.24) is 0 Å². The number of rotatable bonds is 12. The van der Waals surface area contributed by atoms with E-state index in [1.807, 2.05) is 0 Å². The lowest BCUT2D eigenvalue weighted by Gasteiger charge is -2.26. The van der Waals surface area contributed by atoms with E-state index in [9.17, 15) is 0 Å². The number of hydrogen-bond acceptors (Lipinski definition) is 0. The van der Waals surface area contributed by atoms with Gasteiger partial charge in [0.25, 0.3) is 0 Å². The monoisotopic (exact) mass is 610 g/mol. The first-order chi connectivity index (χ1) is 18.9. The second kappa shape index (κ2) is 17.6. The van der Waals surface area contributed by atoms with Crippen LogP contribution in [-0.4, -0.2) is 6.16 Å². The Morgan fingerprint density at radius 3 is 1.50 bits per heavy atom. The summed E-state index contributed by atoms with van der Waals surface area (Å²) in [5.74, 6) is 0. The van der Waals surface area contributed by atoms with Crippen LogP contribution < -0.4 is 32.9 Å². The summed E-state index contributed by atoms with van der Waals surface area (Å²) in [7, 11) is -1.84. The van der Waals surface area contributed by atoms with E-state index in [2.05, 4.69) is 174 Å². The molecule has 0 saturated carbocycles. The molecule has 0 aliphatic rings. The van der Waals surface area contributed by atoms with E-state index in [0.29, 0.717) is 0 Å². The van der Waals surface area contributed by atoms with Gasteiger partial charge in [0.05, 0.1) is 6.16 Å². The summed E-state index contributed by atoms with van der Waals surface area (Å²) in [6.45, 7) is 10.9. The van der Waals surface area contributed by atoms with Crippen LogP contribution in [0.5, 0.6) is 0 Å². The first-order valence-electron chi connectivity index (χ1n) is 14.0. The van der Waals surface area contributed by atoms with Crippen molar-refractivity contribution in [3.05, 3.63) is 162 Å². The highest BCUT2D eigenvalue weighted by molar-refractivity contribution is 7.95. The Morgan fingerprint density at radius 1 is 0.575 bits per heavy atom. The van der Waals surface area contributed by atoms with Crippen LogP contribution in [0.1, 0.15) is 47.5 Å². The summed E-state index contributed by atoms with van der Waals surface area (Å²) >= 11 is 0.